The first-order valence-electron chi connectivity index (χ1n) is 10.3. The van der Waals surface area contributed by atoms with Gasteiger partial charge in [-0.2, -0.15) is 0 Å². The monoisotopic (exact) mass is 468 g/mol. The fourth-order valence-electron chi connectivity index (χ4n) is 3.97. The van der Waals surface area contributed by atoms with Crippen LogP contribution in [0.5, 0.6) is 5.75 Å². The smallest absolute Gasteiger partial charge is 0.156 e. The van der Waals surface area contributed by atoms with Gasteiger partial charge in [-0.1, -0.05) is 61.3 Å². The average Bonchev–Trinajstić information content (AvgIpc) is 2.92. The maximum absolute atomic E-state index is 6.46. The molecule has 0 amide bonds. The van der Waals surface area contributed by atoms with Gasteiger partial charge in [0, 0.05) is 24.0 Å². The Balaban J connectivity index is 1.77. The number of nitrogens with zero attached hydrogens (tertiary/aromatic N) is 2. The van der Waals surface area contributed by atoms with Gasteiger partial charge in [-0.05, 0) is 49.7 Å². The molecule has 0 bridgehead atoms. The zero-order chi connectivity index (χ0) is 22.1. The highest BCUT2D eigenvalue weighted by atomic mass is 35.5. The van der Waals surface area contributed by atoms with Gasteiger partial charge in [-0.15, -0.1) is 11.6 Å². The maximum Gasteiger partial charge on any atom is 0.156 e. The van der Waals surface area contributed by atoms with Gasteiger partial charge in [0.05, 0.1) is 22.6 Å². The molecule has 0 aromatic heterocycles. The van der Waals surface area contributed by atoms with E-state index in [4.69, 9.17) is 39.5 Å². The van der Waals surface area contributed by atoms with E-state index in [0.717, 1.165) is 25.3 Å². The number of halogens is 3. The average molecular weight is 470 g/mol. The van der Waals surface area contributed by atoms with E-state index in [-0.39, 0.29) is 11.0 Å². The van der Waals surface area contributed by atoms with Crippen LogP contribution in [0.1, 0.15) is 44.4 Å². The second kappa shape index (κ2) is 9.26. The Morgan fingerprint density at radius 1 is 1.03 bits per heavy atom. The Bertz CT molecular complexity index is 858. The second-order valence-electron chi connectivity index (χ2n) is 9.27. The first kappa shape index (κ1) is 23.7. The number of rotatable bonds is 7. The largest absolute Gasteiger partial charge is 0.489 e. The Morgan fingerprint density at radius 2 is 1.63 bits per heavy atom. The normalized spacial score (nSPS) is 17.5. The Hall–Kier alpha value is -0.970. The molecule has 1 saturated heterocycles. The maximum atomic E-state index is 6.46. The lowest BCUT2D eigenvalue weighted by atomic mass is 9.78. The number of benzene rings is 2. The highest BCUT2D eigenvalue weighted by Gasteiger charge is 2.34. The third-order valence-corrected chi connectivity index (χ3v) is 6.90. The van der Waals surface area contributed by atoms with Crippen molar-refractivity contribution in [1.82, 2.24) is 9.80 Å². The number of alkyl halides is 1. The lowest BCUT2D eigenvalue weighted by Crippen LogP contribution is -2.36. The van der Waals surface area contributed by atoms with Crippen molar-refractivity contribution < 1.29 is 4.74 Å². The Kier molecular flexibility index (Phi) is 7.31. The summed E-state index contributed by atoms with van der Waals surface area (Å²) in [7, 11) is 2.19. The highest BCUT2D eigenvalue weighted by molar-refractivity contribution is 6.37. The summed E-state index contributed by atoms with van der Waals surface area (Å²) in [5, 5.41) is 1.01. The molecule has 2 aromatic rings. The van der Waals surface area contributed by atoms with Crippen LogP contribution in [-0.2, 0) is 12.0 Å². The summed E-state index contributed by atoms with van der Waals surface area (Å²) in [6, 6.07) is 12.7. The molecule has 1 aliphatic rings. The first-order valence-corrected chi connectivity index (χ1v) is 11.5. The van der Waals surface area contributed by atoms with Gasteiger partial charge in [0.1, 0.15) is 6.61 Å². The van der Waals surface area contributed by atoms with Gasteiger partial charge >= 0.3 is 0 Å². The van der Waals surface area contributed by atoms with Crippen molar-refractivity contribution >= 4 is 34.8 Å². The quantitative estimate of drug-likeness (QED) is 0.435. The van der Waals surface area contributed by atoms with E-state index in [9.17, 15) is 0 Å². The van der Waals surface area contributed by atoms with Crippen molar-refractivity contribution in [2.45, 2.75) is 45.2 Å². The third kappa shape index (κ3) is 5.08. The fourth-order valence-corrected chi connectivity index (χ4v) is 4.64. The molecule has 2 aromatic carbocycles. The van der Waals surface area contributed by atoms with Crippen LogP contribution in [0.2, 0.25) is 10.0 Å². The molecule has 0 spiro atoms. The highest BCUT2D eigenvalue weighted by Crippen LogP contribution is 2.40. The van der Waals surface area contributed by atoms with E-state index in [1.807, 2.05) is 12.1 Å². The van der Waals surface area contributed by atoms with Crippen molar-refractivity contribution in [3.63, 3.8) is 0 Å². The third-order valence-electron chi connectivity index (χ3n) is 6.18. The molecule has 1 fully saturated rings. The number of ether oxygens (including phenoxy) is 1. The molecule has 1 aliphatic heterocycles. The molecular weight excluding hydrogens is 439 g/mol. The molecule has 3 rings (SSSR count). The Labute approximate surface area is 195 Å². The summed E-state index contributed by atoms with van der Waals surface area (Å²) in [4.78, 5) is 4.89. The van der Waals surface area contributed by atoms with Crippen LogP contribution in [-0.4, -0.2) is 48.1 Å². The van der Waals surface area contributed by atoms with E-state index in [1.165, 1.54) is 11.1 Å². The second-order valence-corrected chi connectivity index (χ2v) is 10.5. The van der Waals surface area contributed by atoms with Gasteiger partial charge in [-0.25, -0.2) is 0 Å². The van der Waals surface area contributed by atoms with Crippen LogP contribution in [0, 0.1) is 0 Å². The first-order chi connectivity index (χ1) is 14.0. The van der Waals surface area contributed by atoms with Crippen molar-refractivity contribution in [2.75, 3.05) is 32.7 Å². The van der Waals surface area contributed by atoms with Crippen molar-refractivity contribution in [3.8, 4) is 5.75 Å². The number of hydrogen-bond acceptors (Lipinski definition) is 3. The van der Waals surface area contributed by atoms with Crippen LogP contribution in [0.3, 0.4) is 0 Å². The molecule has 6 heteroatoms. The molecule has 0 aliphatic carbocycles. The fraction of sp³-hybridized carbons (Fsp3) is 0.500. The zero-order valence-electron chi connectivity index (χ0n) is 18.4. The number of hydrogen-bond donors (Lipinski definition) is 0. The SMILES string of the molecule is CN1CN(Cc2ccc(C(C)(C)c3cc(Cl)c(OCCCl)c(Cl)c3)cc2)CC1(C)C. The predicted octanol–water partition coefficient (Wildman–Crippen LogP) is 6.42. The van der Waals surface area contributed by atoms with Gasteiger partial charge in [0.25, 0.3) is 0 Å². The summed E-state index contributed by atoms with van der Waals surface area (Å²) in [5.41, 5.74) is 3.56. The van der Waals surface area contributed by atoms with Gasteiger partial charge in [0.2, 0.25) is 0 Å². The summed E-state index contributed by atoms with van der Waals surface area (Å²) in [5.74, 6) is 0.879. The molecule has 1 heterocycles. The molecule has 0 atom stereocenters. The van der Waals surface area contributed by atoms with Gasteiger partial charge in [-0.3, -0.25) is 9.80 Å². The lowest BCUT2D eigenvalue weighted by molar-refractivity contribution is 0.217. The van der Waals surface area contributed by atoms with Crippen LogP contribution in [0.4, 0.5) is 0 Å². The minimum Gasteiger partial charge on any atom is -0.489 e. The summed E-state index contributed by atoms with van der Waals surface area (Å²) < 4.78 is 5.59. The topological polar surface area (TPSA) is 15.7 Å². The molecule has 164 valence electrons. The molecule has 0 unspecified atom stereocenters. The minimum absolute atomic E-state index is 0.222. The summed E-state index contributed by atoms with van der Waals surface area (Å²) >= 11 is 18.6. The van der Waals surface area contributed by atoms with Gasteiger partial charge < -0.3 is 4.74 Å². The van der Waals surface area contributed by atoms with E-state index in [1.54, 1.807) is 0 Å². The molecular formula is C24H31Cl3N2O. The number of likely N-dealkylation sites (N-methyl/N-ethyl adjacent to an activating group) is 1. The summed E-state index contributed by atoms with van der Waals surface area (Å²) in [6.45, 7) is 12.3. The Morgan fingerprint density at radius 3 is 2.13 bits per heavy atom. The van der Waals surface area contributed by atoms with E-state index < -0.39 is 0 Å². The molecule has 30 heavy (non-hydrogen) atoms. The van der Waals surface area contributed by atoms with Crippen molar-refractivity contribution in [2.24, 2.45) is 0 Å². The van der Waals surface area contributed by atoms with Crippen LogP contribution >= 0.6 is 34.8 Å². The molecule has 0 saturated carbocycles. The lowest BCUT2D eigenvalue weighted by Gasteiger charge is -2.27. The predicted molar refractivity (Wildman–Crippen MR) is 128 cm³/mol. The van der Waals surface area contributed by atoms with Gasteiger partial charge in [0.15, 0.2) is 5.75 Å². The minimum atomic E-state index is -0.243. The van der Waals surface area contributed by atoms with E-state index >= 15 is 0 Å². The molecule has 0 radical (unpaired) electrons. The standard InChI is InChI=1S/C24H31Cl3N2O/c1-23(2)15-29(16-28(23)5)14-17-6-8-18(9-7-17)24(3,4)19-12-20(26)22(21(27)13-19)30-11-10-25/h6-9,12-13H,10-11,14-16H2,1-5H3. The van der Waals surface area contributed by atoms with E-state index in [0.29, 0.717) is 28.3 Å². The van der Waals surface area contributed by atoms with Crippen molar-refractivity contribution in [1.29, 1.82) is 0 Å². The summed E-state index contributed by atoms with van der Waals surface area (Å²) in [6.07, 6.45) is 0. The van der Waals surface area contributed by atoms with Crippen LogP contribution in [0.25, 0.3) is 0 Å². The molecule has 0 N–H and O–H groups in total. The van der Waals surface area contributed by atoms with Crippen LogP contribution < -0.4 is 4.74 Å². The van der Waals surface area contributed by atoms with Crippen LogP contribution in [0.15, 0.2) is 36.4 Å². The van der Waals surface area contributed by atoms with Crippen molar-refractivity contribution in [3.05, 3.63) is 63.1 Å². The zero-order valence-corrected chi connectivity index (χ0v) is 20.7. The van der Waals surface area contributed by atoms with E-state index in [2.05, 4.69) is 68.8 Å². The molecule has 3 nitrogen and oxygen atoms in total.